The molecule has 0 spiro atoms. The summed E-state index contributed by atoms with van der Waals surface area (Å²) in [4.78, 5) is 11.6. The van der Waals surface area contributed by atoms with Crippen LogP contribution >= 0.6 is 12.4 Å². The number of amides is 1. The second kappa shape index (κ2) is 6.42. The van der Waals surface area contributed by atoms with Gasteiger partial charge in [-0.15, -0.1) is 12.4 Å². The predicted molar refractivity (Wildman–Crippen MR) is 64.9 cm³/mol. The highest BCUT2D eigenvalue weighted by atomic mass is 35.5. The van der Waals surface area contributed by atoms with Crippen molar-refractivity contribution in [2.24, 2.45) is 0 Å². The second-order valence-electron chi connectivity index (χ2n) is 4.49. The molecule has 2 aliphatic rings. The molecule has 2 fully saturated rings. The topological polar surface area (TPSA) is 50.4 Å². The number of ether oxygens (including phenoxy) is 1. The normalized spacial score (nSPS) is 31.2. The molecule has 0 aromatic carbocycles. The summed E-state index contributed by atoms with van der Waals surface area (Å²) < 4.78 is 5.68. The van der Waals surface area contributed by atoms with Gasteiger partial charge in [-0.1, -0.05) is 0 Å². The van der Waals surface area contributed by atoms with E-state index in [0.29, 0.717) is 18.6 Å². The summed E-state index contributed by atoms with van der Waals surface area (Å²) in [5, 5.41) is 6.12. The van der Waals surface area contributed by atoms with E-state index in [-0.39, 0.29) is 24.4 Å². The van der Waals surface area contributed by atoms with Crippen molar-refractivity contribution in [3.63, 3.8) is 0 Å². The lowest BCUT2D eigenvalue weighted by atomic mass is 9.95. The molecular weight excluding hydrogens is 228 g/mol. The number of carbonyl (C=O) groups excluding carboxylic acids is 1. The lowest BCUT2D eigenvalue weighted by Crippen LogP contribution is -2.41. The molecule has 3 atom stereocenters. The number of hydrogen-bond donors (Lipinski definition) is 2. The van der Waals surface area contributed by atoms with E-state index in [2.05, 4.69) is 10.6 Å². The van der Waals surface area contributed by atoms with E-state index in [1.165, 1.54) is 6.42 Å². The standard InChI is InChI=1S/C11H20N2O2.ClH/c1-12-6-2-3-11(14)13-9-7-8-4-5-10(9)15-8;/h8-10,12H,2-7H2,1H3,(H,13,14);1H. The first-order chi connectivity index (χ1) is 7.29. The lowest BCUT2D eigenvalue weighted by molar-refractivity contribution is -0.122. The first kappa shape index (κ1) is 13.7. The molecule has 0 aromatic rings. The molecule has 16 heavy (non-hydrogen) atoms. The monoisotopic (exact) mass is 248 g/mol. The average Bonchev–Trinajstić information content (AvgIpc) is 2.79. The summed E-state index contributed by atoms with van der Waals surface area (Å²) in [6.45, 7) is 0.903. The van der Waals surface area contributed by atoms with E-state index in [9.17, 15) is 4.79 Å². The Morgan fingerprint density at radius 3 is 2.81 bits per heavy atom. The Balaban J connectivity index is 0.00000128. The third kappa shape index (κ3) is 3.34. The van der Waals surface area contributed by atoms with Crippen LogP contribution in [0.5, 0.6) is 0 Å². The van der Waals surface area contributed by atoms with Crippen LogP contribution in [-0.2, 0) is 9.53 Å². The van der Waals surface area contributed by atoms with Crippen LogP contribution in [0, 0.1) is 0 Å². The molecule has 2 bridgehead atoms. The van der Waals surface area contributed by atoms with Gasteiger partial charge in [0.2, 0.25) is 5.91 Å². The fourth-order valence-corrected chi connectivity index (χ4v) is 2.49. The third-order valence-electron chi connectivity index (χ3n) is 3.28. The Hall–Kier alpha value is -0.320. The predicted octanol–water partition coefficient (Wildman–Crippen LogP) is 0.844. The van der Waals surface area contributed by atoms with Gasteiger partial charge < -0.3 is 15.4 Å². The summed E-state index contributed by atoms with van der Waals surface area (Å²) in [7, 11) is 1.90. The van der Waals surface area contributed by atoms with Gasteiger partial charge in [0, 0.05) is 6.42 Å². The van der Waals surface area contributed by atoms with Crippen LogP contribution in [0.3, 0.4) is 0 Å². The van der Waals surface area contributed by atoms with Gasteiger partial charge in [-0.05, 0) is 39.3 Å². The van der Waals surface area contributed by atoms with Gasteiger partial charge in [-0.3, -0.25) is 4.79 Å². The summed E-state index contributed by atoms with van der Waals surface area (Å²) in [6, 6.07) is 0.283. The zero-order valence-corrected chi connectivity index (χ0v) is 10.5. The number of halogens is 1. The number of nitrogens with one attached hydrogen (secondary N) is 2. The molecule has 2 N–H and O–H groups in total. The molecule has 0 aliphatic carbocycles. The van der Waals surface area contributed by atoms with E-state index in [0.717, 1.165) is 25.8 Å². The molecule has 0 saturated carbocycles. The summed E-state index contributed by atoms with van der Waals surface area (Å²) in [5.41, 5.74) is 0. The molecule has 4 nitrogen and oxygen atoms in total. The molecule has 2 rings (SSSR count). The minimum Gasteiger partial charge on any atom is -0.373 e. The zero-order chi connectivity index (χ0) is 10.7. The van der Waals surface area contributed by atoms with Crippen LogP contribution in [0.2, 0.25) is 0 Å². The first-order valence-corrected chi connectivity index (χ1v) is 5.89. The lowest BCUT2D eigenvalue weighted by Gasteiger charge is -2.19. The fraction of sp³-hybridized carbons (Fsp3) is 0.909. The van der Waals surface area contributed by atoms with Gasteiger partial charge in [0.15, 0.2) is 0 Å². The van der Waals surface area contributed by atoms with Gasteiger partial charge in [0.25, 0.3) is 0 Å². The maximum absolute atomic E-state index is 11.6. The molecule has 2 saturated heterocycles. The quantitative estimate of drug-likeness (QED) is 0.709. The third-order valence-corrected chi connectivity index (χ3v) is 3.28. The highest BCUT2D eigenvalue weighted by Gasteiger charge is 2.41. The Labute approximate surface area is 103 Å². The maximum Gasteiger partial charge on any atom is 0.220 e. The molecule has 94 valence electrons. The molecular formula is C11H21ClN2O2. The second-order valence-corrected chi connectivity index (χ2v) is 4.49. The van der Waals surface area contributed by atoms with Gasteiger partial charge in [0.05, 0.1) is 18.2 Å². The Kier molecular flexibility index (Phi) is 5.52. The van der Waals surface area contributed by atoms with E-state index >= 15 is 0 Å². The van der Waals surface area contributed by atoms with Gasteiger partial charge >= 0.3 is 0 Å². The summed E-state index contributed by atoms with van der Waals surface area (Å²) in [5.74, 6) is 0.173. The van der Waals surface area contributed by atoms with Crippen molar-refractivity contribution < 1.29 is 9.53 Å². The van der Waals surface area contributed by atoms with Crippen LogP contribution < -0.4 is 10.6 Å². The van der Waals surface area contributed by atoms with Crippen molar-refractivity contribution in [3.8, 4) is 0 Å². The number of fused-ring (bicyclic) bond motifs is 2. The van der Waals surface area contributed by atoms with Crippen LogP contribution in [0.15, 0.2) is 0 Å². The van der Waals surface area contributed by atoms with Crippen molar-refractivity contribution in [2.45, 2.75) is 50.4 Å². The minimum atomic E-state index is 0. The van der Waals surface area contributed by atoms with E-state index in [1.54, 1.807) is 0 Å². The van der Waals surface area contributed by atoms with Crippen LogP contribution in [0.1, 0.15) is 32.1 Å². The Bertz CT molecular complexity index is 238. The highest BCUT2D eigenvalue weighted by molar-refractivity contribution is 5.85. The Morgan fingerprint density at radius 1 is 1.44 bits per heavy atom. The summed E-state index contributed by atoms with van der Waals surface area (Å²) >= 11 is 0. The minimum absolute atomic E-state index is 0. The van der Waals surface area contributed by atoms with Crippen molar-refractivity contribution in [3.05, 3.63) is 0 Å². The van der Waals surface area contributed by atoms with Crippen LogP contribution in [0.25, 0.3) is 0 Å². The number of carbonyl (C=O) groups is 1. The molecule has 2 aliphatic heterocycles. The van der Waals surface area contributed by atoms with Crippen molar-refractivity contribution in [1.82, 2.24) is 10.6 Å². The van der Waals surface area contributed by atoms with Crippen LogP contribution in [-0.4, -0.2) is 37.7 Å². The van der Waals surface area contributed by atoms with Crippen LogP contribution in [0.4, 0.5) is 0 Å². The van der Waals surface area contributed by atoms with Crippen molar-refractivity contribution in [1.29, 1.82) is 0 Å². The van der Waals surface area contributed by atoms with E-state index in [4.69, 9.17) is 4.74 Å². The fourth-order valence-electron chi connectivity index (χ4n) is 2.49. The number of rotatable bonds is 5. The Morgan fingerprint density at radius 2 is 2.25 bits per heavy atom. The molecule has 2 heterocycles. The van der Waals surface area contributed by atoms with E-state index in [1.807, 2.05) is 7.05 Å². The largest absolute Gasteiger partial charge is 0.373 e. The zero-order valence-electron chi connectivity index (χ0n) is 9.70. The molecule has 3 unspecified atom stereocenters. The number of hydrogen-bond acceptors (Lipinski definition) is 3. The summed E-state index contributed by atoms with van der Waals surface area (Å²) in [6.07, 6.45) is 5.55. The van der Waals surface area contributed by atoms with Gasteiger partial charge in [-0.25, -0.2) is 0 Å². The van der Waals surface area contributed by atoms with Crippen molar-refractivity contribution >= 4 is 18.3 Å². The smallest absolute Gasteiger partial charge is 0.220 e. The van der Waals surface area contributed by atoms with Gasteiger partial charge in [0.1, 0.15) is 0 Å². The highest BCUT2D eigenvalue weighted by Crippen LogP contribution is 2.34. The van der Waals surface area contributed by atoms with Gasteiger partial charge in [-0.2, -0.15) is 0 Å². The maximum atomic E-state index is 11.6. The SMILES string of the molecule is CNCCCC(=O)NC1CC2CCC1O2.Cl. The van der Waals surface area contributed by atoms with Crippen molar-refractivity contribution in [2.75, 3.05) is 13.6 Å². The molecule has 1 amide bonds. The first-order valence-electron chi connectivity index (χ1n) is 5.89. The molecule has 5 heteroatoms. The molecule has 0 radical (unpaired) electrons. The molecule has 0 aromatic heterocycles. The average molecular weight is 249 g/mol. The van der Waals surface area contributed by atoms with E-state index < -0.39 is 0 Å².